The van der Waals surface area contributed by atoms with E-state index in [9.17, 15) is 0 Å². The number of fused-ring (bicyclic) bond motifs is 1. The van der Waals surface area contributed by atoms with Crippen LogP contribution >= 0.6 is 0 Å². The largest absolute Gasteiger partial charge is 0.383 e. The summed E-state index contributed by atoms with van der Waals surface area (Å²) < 4.78 is 2.02. The minimum Gasteiger partial charge on any atom is -0.383 e. The third-order valence-corrected chi connectivity index (χ3v) is 4.24. The molecule has 4 rings (SSSR count). The number of rotatable bonds is 2. The molecule has 0 unspecified atom stereocenters. The predicted molar refractivity (Wildman–Crippen MR) is 99.5 cm³/mol. The maximum Gasteiger partial charge on any atom is 0.146 e. The van der Waals surface area contributed by atoms with E-state index < -0.39 is 0 Å². The van der Waals surface area contributed by atoms with E-state index in [4.69, 9.17) is 12.2 Å². The summed E-state index contributed by atoms with van der Waals surface area (Å²) in [7, 11) is 1.96. The number of terminal acetylenes is 1. The van der Waals surface area contributed by atoms with Gasteiger partial charge in [-0.25, -0.2) is 15.0 Å². The highest BCUT2D eigenvalue weighted by atomic mass is 15.1. The fourth-order valence-corrected chi connectivity index (χ4v) is 3.16. The molecule has 0 radical (unpaired) electrons. The number of pyridine rings is 1. The molecule has 3 heterocycles. The molecule has 25 heavy (non-hydrogen) atoms. The molecule has 0 bridgehead atoms. The number of nitrogens with zero attached hydrogens (tertiary/aromatic N) is 4. The lowest BCUT2D eigenvalue weighted by atomic mass is 9.99. The van der Waals surface area contributed by atoms with Crippen LogP contribution in [0.3, 0.4) is 0 Å². The molecule has 0 atom stereocenters. The van der Waals surface area contributed by atoms with E-state index in [1.54, 1.807) is 6.20 Å². The highest BCUT2D eigenvalue weighted by Gasteiger charge is 2.21. The van der Waals surface area contributed by atoms with Crippen molar-refractivity contribution >= 4 is 16.9 Å². The molecule has 1 aromatic carbocycles. The summed E-state index contributed by atoms with van der Waals surface area (Å²) >= 11 is 0. The number of anilines is 1. The van der Waals surface area contributed by atoms with E-state index in [1.807, 2.05) is 54.1 Å². The topological polar surface area (TPSA) is 69.6 Å². The average Bonchev–Trinajstić information content (AvgIpc) is 2.96. The van der Waals surface area contributed by atoms with Crippen molar-refractivity contribution in [3.8, 4) is 34.7 Å². The van der Waals surface area contributed by atoms with Crippen molar-refractivity contribution in [1.29, 1.82) is 0 Å². The highest BCUT2D eigenvalue weighted by Crippen LogP contribution is 2.41. The van der Waals surface area contributed by atoms with E-state index in [2.05, 4.69) is 20.9 Å². The normalized spacial score (nSPS) is 10.7. The molecule has 5 nitrogen and oxygen atoms in total. The Morgan fingerprint density at radius 3 is 2.60 bits per heavy atom. The van der Waals surface area contributed by atoms with Crippen LogP contribution < -0.4 is 5.73 Å². The zero-order valence-electron chi connectivity index (χ0n) is 13.6. The SMILES string of the molecule is C#Cc1cc(-c2c(-c3ccccc3)c3c(N)ncnc3n2C)ccn1. The Kier molecular flexibility index (Phi) is 3.44. The summed E-state index contributed by atoms with van der Waals surface area (Å²) in [5, 5.41) is 0.838. The van der Waals surface area contributed by atoms with Crippen molar-refractivity contribution in [3.05, 3.63) is 60.7 Å². The molecule has 0 spiro atoms. The Labute approximate surface area is 145 Å². The van der Waals surface area contributed by atoms with Crippen LogP contribution in [0.1, 0.15) is 5.69 Å². The van der Waals surface area contributed by atoms with Gasteiger partial charge in [0.05, 0.1) is 11.1 Å². The molecule has 4 aromatic rings. The summed E-state index contributed by atoms with van der Waals surface area (Å²) in [5.41, 5.74) is 11.5. The van der Waals surface area contributed by atoms with Gasteiger partial charge in [-0.3, -0.25) is 0 Å². The van der Waals surface area contributed by atoms with Gasteiger partial charge in [-0.15, -0.1) is 6.42 Å². The number of aryl methyl sites for hydroxylation is 1. The van der Waals surface area contributed by atoms with Crippen LogP contribution in [0.5, 0.6) is 0 Å². The molecule has 0 saturated carbocycles. The Hall–Kier alpha value is -3.65. The van der Waals surface area contributed by atoms with Crippen LogP contribution in [-0.2, 0) is 7.05 Å². The highest BCUT2D eigenvalue weighted by molar-refractivity contribution is 6.07. The number of hydrogen-bond acceptors (Lipinski definition) is 4. The summed E-state index contributed by atoms with van der Waals surface area (Å²) in [6, 6.07) is 13.9. The molecule has 0 aliphatic carbocycles. The molecular weight excluding hydrogens is 310 g/mol. The van der Waals surface area contributed by atoms with Crippen molar-refractivity contribution in [3.63, 3.8) is 0 Å². The van der Waals surface area contributed by atoms with Crippen LogP contribution in [0.4, 0.5) is 5.82 Å². The fourth-order valence-electron chi connectivity index (χ4n) is 3.16. The third kappa shape index (κ3) is 2.32. The number of nitrogen functional groups attached to an aromatic ring is 1. The van der Waals surface area contributed by atoms with Crippen molar-refractivity contribution in [2.75, 3.05) is 5.73 Å². The van der Waals surface area contributed by atoms with Gasteiger partial charge in [-0.2, -0.15) is 0 Å². The third-order valence-electron chi connectivity index (χ3n) is 4.24. The molecule has 5 heteroatoms. The summed E-state index contributed by atoms with van der Waals surface area (Å²) in [6.45, 7) is 0. The number of benzene rings is 1. The van der Waals surface area contributed by atoms with Crippen molar-refractivity contribution in [1.82, 2.24) is 19.5 Å². The minimum atomic E-state index is 0.455. The van der Waals surface area contributed by atoms with Gasteiger partial charge in [0.1, 0.15) is 23.5 Å². The van der Waals surface area contributed by atoms with Crippen LogP contribution in [0, 0.1) is 12.3 Å². The van der Waals surface area contributed by atoms with Gasteiger partial charge < -0.3 is 10.3 Å². The van der Waals surface area contributed by atoms with Gasteiger partial charge in [-0.1, -0.05) is 36.3 Å². The van der Waals surface area contributed by atoms with E-state index in [-0.39, 0.29) is 0 Å². The van der Waals surface area contributed by atoms with Gasteiger partial charge in [0.15, 0.2) is 0 Å². The van der Waals surface area contributed by atoms with E-state index in [1.165, 1.54) is 6.33 Å². The van der Waals surface area contributed by atoms with E-state index in [0.717, 1.165) is 33.4 Å². The second-order valence-corrected chi connectivity index (χ2v) is 5.68. The predicted octanol–water partition coefficient (Wildman–Crippen LogP) is 3.26. The summed E-state index contributed by atoms with van der Waals surface area (Å²) in [4.78, 5) is 12.8. The fraction of sp³-hybridized carbons (Fsp3) is 0.0500. The molecule has 2 N–H and O–H groups in total. The zero-order valence-corrected chi connectivity index (χ0v) is 13.6. The van der Waals surface area contributed by atoms with E-state index in [0.29, 0.717) is 11.5 Å². The smallest absolute Gasteiger partial charge is 0.146 e. The Balaban J connectivity index is 2.16. The van der Waals surface area contributed by atoms with Crippen LogP contribution in [0.15, 0.2) is 55.0 Å². The summed E-state index contributed by atoms with van der Waals surface area (Å²) in [5.74, 6) is 3.04. The Bertz CT molecular complexity index is 1120. The first kappa shape index (κ1) is 14.9. The minimum absolute atomic E-state index is 0.455. The molecule has 0 aliphatic rings. The molecule has 0 amide bonds. The molecule has 0 fully saturated rings. The number of hydrogen-bond donors (Lipinski definition) is 1. The van der Waals surface area contributed by atoms with Gasteiger partial charge in [-0.05, 0) is 17.7 Å². The van der Waals surface area contributed by atoms with Crippen molar-refractivity contribution < 1.29 is 0 Å². The lowest BCUT2D eigenvalue weighted by Crippen LogP contribution is -1.96. The first-order valence-electron chi connectivity index (χ1n) is 7.78. The number of nitrogens with two attached hydrogens (primary N) is 1. The standard InChI is InChI=1S/C20H15N5/c1-3-15-11-14(9-10-22-15)18-16(13-7-5-4-6-8-13)17-19(21)23-12-24-20(17)25(18)2/h1,4-12H,2H3,(H2,21,23,24). The van der Waals surface area contributed by atoms with Crippen LogP contribution in [-0.4, -0.2) is 19.5 Å². The van der Waals surface area contributed by atoms with Gasteiger partial charge in [0, 0.05) is 24.4 Å². The monoisotopic (exact) mass is 325 g/mol. The molecule has 3 aromatic heterocycles. The van der Waals surface area contributed by atoms with Gasteiger partial charge in [0.25, 0.3) is 0 Å². The molecule has 0 aliphatic heterocycles. The lowest BCUT2D eigenvalue weighted by Gasteiger charge is -2.09. The Morgan fingerprint density at radius 1 is 1.04 bits per heavy atom. The molecular formula is C20H15N5. The lowest BCUT2D eigenvalue weighted by molar-refractivity contribution is 0.952. The summed E-state index contributed by atoms with van der Waals surface area (Å²) in [6.07, 6.45) is 8.72. The van der Waals surface area contributed by atoms with Crippen LogP contribution in [0.25, 0.3) is 33.4 Å². The quantitative estimate of drug-likeness (QED) is 0.574. The molecule has 0 saturated heterocycles. The van der Waals surface area contributed by atoms with Gasteiger partial charge >= 0.3 is 0 Å². The number of aromatic nitrogens is 4. The van der Waals surface area contributed by atoms with Crippen molar-refractivity contribution in [2.45, 2.75) is 0 Å². The van der Waals surface area contributed by atoms with E-state index >= 15 is 0 Å². The van der Waals surface area contributed by atoms with Crippen LogP contribution in [0.2, 0.25) is 0 Å². The van der Waals surface area contributed by atoms with Gasteiger partial charge in [0.2, 0.25) is 0 Å². The zero-order chi connectivity index (χ0) is 17.4. The second-order valence-electron chi connectivity index (χ2n) is 5.68. The first-order chi connectivity index (χ1) is 12.2. The van der Waals surface area contributed by atoms with Crippen molar-refractivity contribution in [2.24, 2.45) is 7.05 Å². The second kappa shape index (κ2) is 5.77. The maximum absolute atomic E-state index is 6.20. The average molecular weight is 325 g/mol. The Morgan fingerprint density at radius 2 is 1.84 bits per heavy atom. The maximum atomic E-state index is 6.20. The first-order valence-corrected chi connectivity index (χ1v) is 7.78. The molecule has 120 valence electrons.